The molecule has 2 aliphatic rings. The third kappa shape index (κ3) is 6.97. The van der Waals surface area contributed by atoms with Crippen LogP contribution < -0.4 is 9.80 Å². The smallest absolute Gasteiger partial charge is 0.137 e. The van der Waals surface area contributed by atoms with Gasteiger partial charge in [-0.05, 0) is 141 Å². The van der Waals surface area contributed by atoms with Crippen LogP contribution in [0.4, 0.5) is 34.1 Å². The van der Waals surface area contributed by atoms with E-state index < -0.39 is 0 Å². The Labute approximate surface area is 413 Å². The Hall–Kier alpha value is -8.31. The SMILES string of the molecule is C=C1/C=C\C=C/Cc2cc(N(c3ccc4c(c3)Sc3cccc5c3c-4cc3ccc(N(c4ccccc4)c4ccc6c(c4)oc4ccccc46)cc35)c3ccccc3-c3ccccc3)ccc2C1(C)C. The lowest BCUT2D eigenvalue weighted by Gasteiger charge is -2.32. The summed E-state index contributed by atoms with van der Waals surface area (Å²) in [7, 11) is 0. The highest BCUT2D eigenvalue weighted by Gasteiger charge is 2.29. The molecule has 11 aromatic rings. The maximum atomic E-state index is 6.41. The standard InChI is InChI=1S/C66H48N2OS/c1-43-18-7-4-10-21-46-38-48(34-37-59(46)66(43,2)3)68(60-27-15-13-24-52(60)44-19-8-5-9-20-44)51-33-36-55-58-39-45-30-31-49(40-57(45)56-26-17-29-63(65(56)58)70-64(55)42-51)67(47-22-11-6-12-23-47)50-32-35-54-53-25-14-16-28-61(53)69-62(54)41-50/h4-20,22-42H,1,21H2,2-3H3/b10-4-,18-7-. The van der Waals surface area contributed by atoms with Gasteiger partial charge in [-0.15, -0.1) is 0 Å². The Kier molecular flexibility index (Phi) is 10.0. The fraction of sp³-hybridized carbons (Fsp3) is 0.0606. The molecule has 0 unspecified atom stereocenters. The Morgan fingerprint density at radius 3 is 2.07 bits per heavy atom. The zero-order valence-electron chi connectivity index (χ0n) is 39.1. The lowest BCUT2D eigenvalue weighted by molar-refractivity contribution is 0.635. The molecule has 0 radical (unpaired) electrons. The van der Waals surface area contributed by atoms with Crippen molar-refractivity contribution in [3.05, 3.63) is 254 Å². The number of benzene rings is 10. The van der Waals surface area contributed by atoms with E-state index in [2.05, 4.69) is 249 Å². The number of allylic oxidation sites excluding steroid dienone is 5. The van der Waals surface area contributed by atoms with E-state index in [1.165, 1.54) is 64.7 Å². The van der Waals surface area contributed by atoms with Crippen molar-refractivity contribution in [1.82, 2.24) is 0 Å². The van der Waals surface area contributed by atoms with E-state index in [0.29, 0.717) is 0 Å². The second kappa shape index (κ2) is 16.7. The van der Waals surface area contributed by atoms with Crippen molar-refractivity contribution in [3.8, 4) is 22.3 Å². The average Bonchev–Trinajstić information content (AvgIpc) is 3.79. The molecule has 0 bridgehead atoms. The van der Waals surface area contributed by atoms with Gasteiger partial charge in [-0.2, -0.15) is 0 Å². The van der Waals surface area contributed by atoms with Gasteiger partial charge in [0.05, 0.1) is 5.69 Å². The number of hydrogen-bond donors (Lipinski definition) is 0. The summed E-state index contributed by atoms with van der Waals surface area (Å²) in [4.78, 5) is 7.30. The monoisotopic (exact) mass is 916 g/mol. The van der Waals surface area contributed by atoms with Gasteiger partial charge in [0.15, 0.2) is 0 Å². The van der Waals surface area contributed by atoms with Crippen LogP contribution in [0, 0.1) is 0 Å². The fourth-order valence-electron chi connectivity index (χ4n) is 10.8. The summed E-state index contributed by atoms with van der Waals surface area (Å²) < 4.78 is 6.41. The van der Waals surface area contributed by atoms with Crippen LogP contribution in [0.5, 0.6) is 0 Å². The Morgan fingerprint density at radius 1 is 0.486 bits per heavy atom. The van der Waals surface area contributed by atoms with Gasteiger partial charge in [0.1, 0.15) is 11.2 Å². The largest absolute Gasteiger partial charge is 0.456 e. The molecule has 13 rings (SSSR count). The Bertz CT molecular complexity index is 3950. The number of nitrogens with zero attached hydrogens (tertiary/aromatic N) is 2. The summed E-state index contributed by atoms with van der Waals surface area (Å²) in [6, 6.07) is 75.3. The molecule has 1 aromatic heterocycles. The molecule has 0 spiro atoms. The molecule has 2 heterocycles. The molecule has 0 saturated carbocycles. The average molecular weight is 917 g/mol. The highest BCUT2D eigenvalue weighted by Crippen LogP contribution is 2.53. The van der Waals surface area contributed by atoms with Gasteiger partial charge in [0.25, 0.3) is 0 Å². The minimum atomic E-state index is -0.224. The van der Waals surface area contributed by atoms with Crippen LogP contribution in [-0.4, -0.2) is 0 Å². The zero-order chi connectivity index (χ0) is 46.9. The number of rotatable bonds is 7. The van der Waals surface area contributed by atoms with E-state index in [0.717, 1.165) is 68.1 Å². The van der Waals surface area contributed by atoms with E-state index in [4.69, 9.17) is 4.42 Å². The molecular formula is C66H48N2OS. The van der Waals surface area contributed by atoms with Crippen LogP contribution in [0.25, 0.3) is 65.7 Å². The number of furan rings is 1. The predicted molar refractivity (Wildman–Crippen MR) is 297 cm³/mol. The molecule has 0 saturated heterocycles. The molecule has 10 aromatic carbocycles. The molecule has 70 heavy (non-hydrogen) atoms. The first kappa shape index (κ1) is 41.8. The van der Waals surface area contributed by atoms with E-state index in [1.54, 1.807) is 0 Å². The first-order chi connectivity index (χ1) is 34.4. The van der Waals surface area contributed by atoms with Crippen molar-refractivity contribution in [2.75, 3.05) is 9.80 Å². The molecule has 3 nitrogen and oxygen atoms in total. The van der Waals surface area contributed by atoms with Crippen LogP contribution in [0.15, 0.2) is 257 Å². The molecule has 4 heteroatoms. The maximum absolute atomic E-state index is 6.41. The summed E-state index contributed by atoms with van der Waals surface area (Å²) in [6.45, 7) is 9.08. The van der Waals surface area contributed by atoms with E-state index in [9.17, 15) is 0 Å². The van der Waals surface area contributed by atoms with Gasteiger partial charge in [0, 0.05) is 71.4 Å². The number of anilines is 6. The quantitative estimate of drug-likeness (QED) is 0.148. The molecular weight excluding hydrogens is 869 g/mol. The first-order valence-electron chi connectivity index (χ1n) is 24.1. The summed E-state index contributed by atoms with van der Waals surface area (Å²) in [5, 5.41) is 7.22. The van der Waals surface area contributed by atoms with Crippen molar-refractivity contribution >= 4 is 89.4 Å². The molecule has 0 atom stereocenters. The Balaban J connectivity index is 0.946. The van der Waals surface area contributed by atoms with Crippen molar-refractivity contribution in [1.29, 1.82) is 0 Å². The van der Waals surface area contributed by atoms with Gasteiger partial charge in [-0.1, -0.05) is 172 Å². The van der Waals surface area contributed by atoms with Crippen molar-refractivity contribution in [3.63, 3.8) is 0 Å². The number of hydrogen-bond acceptors (Lipinski definition) is 4. The van der Waals surface area contributed by atoms with Crippen molar-refractivity contribution in [2.45, 2.75) is 35.5 Å². The molecule has 0 amide bonds. The van der Waals surface area contributed by atoms with Gasteiger partial charge >= 0.3 is 0 Å². The molecule has 1 aliphatic heterocycles. The lowest BCUT2D eigenvalue weighted by atomic mass is 9.75. The van der Waals surface area contributed by atoms with Gasteiger partial charge < -0.3 is 14.2 Å². The molecule has 334 valence electrons. The highest BCUT2D eigenvalue weighted by molar-refractivity contribution is 7.99. The van der Waals surface area contributed by atoms with E-state index in [-0.39, 0.29) is 5.41 Å². The summed E-state index contributed by atoms with van der Waals surface area (Å²) in [5.74, 6) is 0. The lowest BCUT2D eigenvalue weighted by Crippen LogP contribution is -2.21. The topological polar surface area (TPSA) is 19.6 Å². The molecule has 0 fully saturated rings. The van der Waals surface area contributed by atoms with E-state index in [1.807, 2.05) is 23.9 Å². The highest BCUT2D eigenvalue weighted by atomic mass is 32.2. The predicted octanol–water partition coefficient (Wildman–Crippen LogP) is 19.1. The minimum absolute atomic E-state index is 0.224. The van der Waals surface area contributed by atoms with Crippen LogP contribution >= 0.6 is 11.8 Å². The third-order valence-corrected chi connectivity index (χ3v) is 15.6. The summed E-state index contributed by atoms with van der Waals surface area (Å²) in [5.41, 5.74) is 16.7. The maximum Gasteiger partial charge on any atom is 0.137 e. The number of fused-ring (bicyclic) bond motifs is 8. The fourth-order valence-corrected chi connectivity index (χ4v) is 12.0. The second-order valence-electron chi connectivity index (χ2n) is 18.9. The molecule has 1 aliphatic carbocycles. The first-order valence-corrected chi connectivity index (χ1v) is 24.9. The molecule has 0 N–H and O–H groups in total. The van der Waals surface area contributed by atoms with E-state index >= 15 is 0 Å². The van der Waals surface area contributed by atoms with Crippen LogP contribution in [0.1, 0.15) is 25.0 Å². The second-order valence-corrected chi connectivity index (χ2v) is 20.0. The Morgan fingerprint density at radius 2 is 1.19 bits per heavy atom. The summed E-state index contributed by atoms with van der Waals surface area (Å²) >= 11 is 1.87. The van der Waals surface area contributed by atoms with Crippen molar-refractivity contribution in [2.24, 2.45) is 0 Å². The van der Waals surface area contributed by atoms with Gasteiger partial charge in [-0.25, -0.2) is 0 Å². The normalized spacial score (nSPS) is 14.7. The van der Waals surface area contributed by atoms with Crippen molar-refractivity contribution < 1.29 is 4.42 Å². The number of para-hydroxylation sites is 3. The van der Waals surface area contributed by atoms with Gasteiger partial charge in [0.2, 0.25) is 0 Å². The van der Waals surface area contributed by atoms with Crippen LogP contribution in [0.3, 0.4) is 0 Å². The minimum Gasteiger partial charge on any atom is -0.456 e. The van der Waals surface area contributed by atoms with Crippen LogP contribution in [-0.2, 0) is 11.8 Å². The zero-order valence-corrected chi connectivity index (χ0v) is 39.9. The third-order valence-electron chi connectivity index (χ3n) is 14.5. The van der Waals surface area contributed by atoms with Gasteiger partial charge in [-0.3, -0.25) is 0 Å². The summed E-state index contributed by atoms with van der Waals surface area (Å²) in [6.07, 6.45) is 9.51. The van der Waals surface area contributed by atoms with Crippen LogP contribution in [0.2, 0.25) is 0 Å².